The molecule has 4 nitrogen and oxygen atoms in total. The maximum Gasteiger partial charge on any atom is 0.270 e. The summed E-state index contributed by atoms with van der Waals surface area (Å²) in [5.41, 5.74) is 0.667. The minimum absolute atomic E-state index is 0.000231. The number of carbonyl (C=O) groups excluding carboxylic acids is 1. The van der Waals surface area contributed by atoms with E-state index in [1.807, 2.05) is 19.3 Å². The van der Waals surface area contributed by atoms with Crippen molar-refractivity contribution >= 4 is 21.8 Å². The highest BCUT2D eigenvalue weighted by Gasteiger charge is 2.15. The number of amides is 1. The third kappa shape index (κ3) is 3.07. The average Bonchev–Trinajstić information content (AvgIpc) is 2.53. The molecule has 0 unspecified atom stereocenters. The summed E-state index contributed by atoms with van der Waals surface area (Å²) in [6.45, 7) is 1.14. The van der Waals surface area contributed by atoms with Gasteiger partial charge in [0.25, 0.3) is 5.91 Å². The Morgan fingerprint density at radius 1 is 1.67 bits per heavy atom. The third-order valence-electron chi connectivity index (χ3n) is 2.17. The maximum absolute atomic E-state index is 11.9. The minimum atomic E-state index is 0.000231. The van der Waals surface area contributed by atoms with Crippen LogP contribution in [0.1, 0.15) is 10.5 Å². The molecule has 1 aromatic heterocycles. The predicted molar refractivity (Wildman–Crippen MR) is 61.9 cm³/mol. The Kier molecular flexibility index (Phi) is 4.35. The highest BCUT2D eigenvalue weighted by atomic mass is 79.9. The molecule has 0 aliphatic heterocycles. The van der Waals surface area contributed by atoms with Crippen molar-refractivity contribution in [2.75, 3.05) is 27.3 Å². The second kappa shape index (κ2) is 5.32. The molecule has 0 saturated carbocycles. The van der Waals surface area contributed by atoms with E-state index in [9.17, 15) is 4.79 Å². The molecule has 0 aliphatic rings. The molecule has 1 rings (SSSR count). The van der Waals surface area contributed by atoms with E-state index < -0.39 is 0 Å². The zero-order chi connectivity index (χ0) is 11.4. The van der Waals surface area contributed by atoms with Crippen LogP contribution < -0.4 is 0 Å². The van der Waals surface area contributed by atoms with Crippen molar-refractivity contribution in [2.24, 2.45) is 7.05 Å². The van der Waals surface area contributed by atoms with Crippen molar-refractivity contribution in [1.82, 2.24) is 9.47 Å². The lowest BCUT2D eigenvalue weighted by atomic mass is 10.3. The first-order chi connectivity index (χ1) is 7.06. The summed E-state index contributed by atoms with van der Waals surface area (Å²) >= 11 is 3.34. The Balaban J connectivity index is 2.71. The zero-order valence-electron chi connectivity index (χ0n) is 9.16. The van der Waals surface area contributed by atoms with Crippen LogP contribution in [-0.2, 0) is 11.8 Å². The van der Waals surface area contributed by atoms with Crippen LogP contribution in [0.5, 0.6) is 0 Å². The van der Waals surface area contributed by atoms with Gasteiger partial charge < -0.3 is 14.2 Å². The molecule has 5 heteroatoms. The standard InChI is InChI=1S/C10H15BrN2O2/c1-12(4-5-15-3)10(14)9-6-8(11)7-13(9)2/h6-7H,4-5H2,1-3H3. The summed E-state index contributed by atoms with van der Waals surface area (Å²) in [7, 11) is 5.24. The van der Waals surface area contributed by atoms with E-state index in [2.05, 4.69) is 15.9 Å². The molecular weight excluding hydrogens is 260 g/mol. The van der Waals surface area contributed by atoms with Crippen LogP contribution >= 0.6 is 15.9 Å². The van der Waals surface area contributed by atoms with E-state index in [4.69, 9.17) is 4.74 Å². The third-order valence-corrected chi connectivity index (χ3v) is 2.60. The first-order valence-corrected chi connectivity index (χ1v) is 5.42. The molecule has 0 spiro atoms. The van der Waals surface area contributed by atoms with Gasteiger partial charge in [-0.05, 0) is 22.0 Å². The number of aromatic nitrogens is 1. The largest absolute Gasteiger partial charge is 0.383 e. The summed E-state index contributed by atoms with van der Waals surface area (Å²) in [5.74, 6) is 0.000231. The SMILES string of the molecule is COCCN(C)C(=O)c1cc(Br)cn1C. The number of halogens is 1. The van der Waals surface area contributed by atoms with Gasteiger partial charge in [-0.15, -0.1) is 0 Å². The molecule has 0 radical (unpaired) electrons. The molecule has 1 heterocycles. The van der Waals surface area contributed by atoms with Crippen molar-refractivity contribution < 1.29 is 9.53 Å². The number of aryl methyl sites for hydroxylation is 1. The number of hydrogen-bond donors (Lipinski definition) is 0. The molecule has 1 amide bonds. The Labute approximate surface area is 97.9 Å². The van der Waals surface area contributed by atoms with Crippen LogP contribution in [0.3, 0.4) is 0 Å². The quantitative estimate of drug-likeness (QED) is 0.834. The molecule has 0 aromatic carbocycles. The van der Waals surface area contributed by atoms with E-state index in [1.54, 1.807) is 23.6 Å². The zero-order valence-corrected chi connectivity index (χ0v) is 10.7. The van der Waals surface area contributed by atoms with Crippen LogP contribution in [0.2, 0.25) is 0 Å². The van der Waals surface area contributed by atoms with Gasteiger partial charge in [-0.25, -0.2) is 0 Å². The van der Waals surface area contributed by atoms with Crippen molar-refractivity contribution in [2.45, 2.75) is 0 Å². The first kappa shape index (κ1) is 12.3. The van der Waals surface area contributed by atoms with Crippen molar-refractivity contribution in [1.29, 1.82) is 0 Å². The number of ether oxygens (including phenoxy) is 1. The van der Waals surface area contributed by atoms with Crippen LogP contribution in [0, 0.1) is 0 Å². The highest BCUT2D eigenvalue weighted by molar-refractivity contribution is 9.10. The number of likely N-dealkylation sites (N-methyl/N-ethyl adjacent to an activating group) is 1. The fraction of sp³-hybridized carbons (Fsp3) is 0.500. The van der Waals surface area contributed by atoms with Crippen molar-refractivity contribution in [3.8, 4) is 0 Å². The summed E-state index contributed by atoms with van der Waals surface area (Å²) < 4.78 is 7.64. The van der Waals surface area contributed by atoms with Gasteiger partial charge in [0.05, 0.1) is 6.61 Å². The van der Waals surface area contributed by atoms with Crippen molar-refractivity contribution in [3.63, 3.8) is 0 Å². The maximum atomic E-state index is 11.9. The lowest BCUT2D eigenvalue weighted by Crippen LogP contribution is -2.31. The van der Waals surface area contributed by atoms with E-state index in [0.717, 1.165) is 4.47 Å². The fourth-order valence-corrected chi connectivity index (χ4v) is 1.79. The summed E-state index contributed by atoms with van der Waals surface area (Å²) in [6.07, 6.45) is 1.86. The van der Waals surface area contributed by atoms with Gasteiger partial charge in [0.1, 0.15) is 5.69 Å². The van der Waals surface area contributed by atoms with Gasteiger partial charge >= 0.3 is 0 Å². The predicted octanol–water partition coefficient (Wildman–Crippen LogP) is 1.51. The van der Waals surface area contributed by atoms with Crippen LogP contribution in [-0.4, -0.2) is 42.7 Å². The molecule has 0 aliphatic carbocycles. The first-order valence-electron chi connectivity index (χ1n) is 4.62. The normalized spacial score (nSPS) is 10.4. The monoisotopic (exact) mass is 274 g/mol. The average molecular weight is 275 g/mol. The topological polar surface area (TPSA) is 34.5 Å². The van der Waals surface area contributed by atoms with E-state index in [0.29, 0.717) is 18.8 Å². The van der Waals surface area contributed by atoms with Gasteiger partial charge in [0, 0.05) is 38.4 Å². The van der Waals surface area contributed by atoms with E-state index in [1.165, 1.54) is 0 Å². The Morgan fingerprint density at radius 3 is 2.80 bits per heavy atom. The Bertz CT molecular complexity index is 349. The van der Waals surface area contributed by atoms with Crippen LogP contribution in [0.15, 0.2) is 16.7 Å². The second-order valence-corrected chi connectivity index (χ2v) is 4.29. The Hall–Kier alpha value is -0.810. The Morgan fingerprint density at radius 2 is 2.33 bits per heavy atom. The van der Waals surface area contributed by atoms with Gasteiger partial charge in [0.2, 0.25) is 0 Å². The van der Waals surface area contributed by atoms with Gasteiger partial charge in [-0.3, -0.25) is 4.79 Å². The molecule has 1 aromatic rings. The number of methoxy groups -OCH3 is 1. The summed E-state index contributed by atoms with van der Waals surface area (Å²) in [6, 6.07) is 1.81. The number of hydrogen-bond acceptors (Lipinski definition) is 2. The van der Waals surface area contributed by atoms with E-state index in [-0.39, 0.29) is 5.91 Å². The van der Waals surface area contributed by atoms with Crippen LogP contribution in [0.25, 0.3) is 0 Å². The highest BCUT2D eigenvalue weighted by Crippen LogP contribution is 2.14. The summed E-state index contributed by atoms with van der Waals surface area (Å²) in [5, 5.41) is 0. The van der Waals surface area contributed by atoms with Gasteiger partial charge in [-0.2, -0.15) is 0 Å². The number of rotatable bonds is 4. The number of carbonyl (C=O) groups is 1. The molecule has 0 N–H and O–H groups in total. The lowest BCUT2D eigenvalue weighted by Gasteiger charge is -2.16. The molecule has 0 bridgehead atoms. The molecule has 0 saturated heterocycles. The van der Waals surface area contributed by atoms with E-state index >= 15 is 0 Å². The molecule has 0 atom stereocenters. The summed E-state index contributed by atoms with van der Waals surface area (Å²) in [4.78, 5) is 13.6. The second-order valence-electron chi connectivity index (χ2n) is 3.37. The minimum Gasteiger partial charge on any atom is -0.383 e. The van der Waals surface area contributed by atoms with Gasteiger partial charge in [-0.1, -0.05) is 0 Å². The fourth-order valence-electron chi connectivity index (χ4n) is 1.26. The molecule has 15 heavy (non-hydrogen) atoms. The lowest BCUT2D eigenvalue weighted by molar-refractivity contribution is 0.0735. The van der Waals surface area contributed by atoms with Crippen LogP contribution in [0.4, 0.5) is 0 Å². The number of nitrogens with zero attached hydrogens (tertiary/aromatic N) is 2. The molecule has 84 valence electrons. The van der Waals surface area contributed by atoms with Crippen molar-refractivity contribution in [3.05, 3.63) is 22.4 Å². The molecule has 0 fully saturated rings. The van der Waals surface area contributed by atoms with Gasteiger partial charge in [0.15, 0.2) is 0 Å². The molecular formula is C10H15BrN2O2. The smallest absolute Gasteiger partial charge is 0.270 e.